The lowest BCUT2D eigenvalue weighted by atomic mass is 10.1. The predicted molar refractivity (Wildman–Crippen MR) is 108 cm³/mol. The Kier molecular flexibility index (Phi) is 8.64. The van der Waals surface area contributed by atoms with Crippen molar-refractivity contribution in [2.45, 2.75) is 13.1 Å². The molecule has 10 heteroatoms. The largest absolute Gasteiger partial charge is 0.473 e. The van der Waals surface area contributed by atoms with E-state index in [1.54, 1.807) is 43.6 Å². The van der Waals surface area contributed by atoms with Crippen LogP contribution in [0.3, 0.4) is 0 Å². The number of hydrogen-bond acceptors (Lipinski definition) is 5. The van der Waals surface area contributed by atoms with Gasteiger partial charge in [-0.2, -0.15) is 0 Å². The predicted octanol–water partition coefficient (Wildman–Crippen LogP) is 3.24. The van der Waals surface area contributed by atoms with E-state index in [-0.39, 0.29) is 11.6 Å². The van der Waals surface area contributed by atoms with Crippen molar-refractivity contribution in [2.75, 3.05) is 19.0 Å². The second-order valence-corrected chi connectivity index (χ2v) is 6.17. The molecule has 0 aliphatic carbocycles. The Morgan fingerprint density at radius 1 is 1.06 bits per heavy atom. The minimum Gasteiger partial charge on any atom is -0.473 e. The summed E-state index contributed by atoms with van der Waals surface area (Å²) in [5, 5.41) is 17.9. The number of halogens is 2. The molecule has 0 aliphatic rings. The maximum atomic E-state index is 13.8. The van der Waals surface area contributed by atoms with Crippen LogP contribution in [-0.4, -0.2) is 45.4 Å². The number of nitrogens with one attached hydrogen (secondary N) is 1. The van der Waals surface area contributed by atoms with Crippen LogP contribution in [0.4, 0.5) is 14.7 Å². The summed E-state index contributed by atoms with van der Waals surface area (Å²) in [7, 11) is 1.63. The Balaban J connectivity index is 0.000000501. The van der Waals surface area contributed by atoms with Crippen molar-refractivity contribution in [3.63, 3.8) is 0 Å². The molecular formula is C21H21F2N3O5. The summed E-state index contributed by atoms with van der Waals surface area (Å²) in [5.41, 5.74) is 2.25. The minimum absolute atomic E-state index is 0.260. The van der Waals surface area contributed by atoms with Gasteiger partial charge in [0.1, 0.15) is 11.6 Å². The van der Waals surface area contributed by atoms with Crippen molar-refractivity contribution in [3.8, 4) is 11.3 Å². The summed E-state index contributed by atoms with van der Waals surface area (Å²) in [6, 6.07) is 12.8. The van der Waals surface area contributed by atoms with Gasteiger partial charge in [0.15, 0.2) is 0 Å². The maximum Gasteiger partial charge on any atom is 0.414 e. The second-order valence-electron chi connectivity index (χ2n) is 6.17. The number of ether oxygens (including phenoxy) is 1. The van der Waals surface area contributed by atoms with Gasteiger partial charge in [-0.25, -0.2) is 23.4 Å². The van der Waals surface area contributed by atoms with Gasteiger partial charge in [-0.05, 0) is 30.3 Å². The van der Waals surface area contributed by atoms with Gasteiger partial charge in [-0.3, -0.25) is 0 Å². The lowest BCUT2D eigenvalue weighted by Gasteiger charge is -2.13. The molecule has 0 spiro atoms. The summed E-state index contributed by atoms with van der Waals surface area (Å²) in [4.78, 5) is 22.6. The van der Waals surface area contributed by atoms with E-state index in [2.05, 4.69) is 10.3 Å². The normalized spacial score (nSPS) is 10.2. The van der Waals surface area contributed by atoms with E-state index in [0.717, 1.165) is 11.3 Å². The zero-order valence-corrected chi connectivity index (χ0v) is 16.6. The van der Waals surface area contributed by atoms with Crippen LogP contribution < -0.4 is 5.32 Å². The molecule has 0 radical (unpaired) electrons. The molecule has 1 heterocycles. The third-order valence-corrected chi connectivity index (χ3v) is 4.09. The number of aliphatic carboxylic acids is 2. The van der Waals surface area contributed by atoms with Crippen LogP contribution in [0.1, 0.15) is 5.56 Å². The molecular weight excluding hydrogens is 412 g/mol. The first-order chi connectivity index (χ1) is 14.8. The third kappa shape index (κ3) is 6.89. The lowest BCUT2D eigenvalue weighted by Crippen LogP contribution is -2.12. The maximum absolute atomic E-state index is 13.8. The Morgan fingerprint density at radius 2 is 1.71 bits per heavy atom. The number of aromatic nitrogens is 2. The number of imidazole rings is 1. The Morgan fingerprint density at radius 3 is 2.29 bits per heavy atom. The molecule has 3 aromatic rings. The molecule has 0 atom stereocenters. The van der Waals surface area contributed by atoms with E-state index < -0.39 is 11.9 Å². The summed E-state index contributed by atoms with van der Waals surface area (Å²) in [5.74, 6) is -3.59. The standard InChI is InChI=1S/C19H19F2N3O.C2H2O4/c1-25-11-10-24-18(14-6-8-16(20)9-7-14)13-23-19(24)22-12-15-4-2-3-5-17(15)21;3-1(4)2(5)6/h2-9,13H,10-12H2,1H3,(H,22,23);(H,3,4)(H,5,6). The molecule has 3 rings (SSSR count). The van der Waals surface area contributed by atoms with Gasteiger partial charge in [0.05, 0.1) is 18.5 Å². The van der Waals surface area contributed by atoms with Crippen LogP contribution in [0.2, 0.25) is 0 Å². The first-order valence-corrected chi connectivity index (χ1v) is 9.07. The highest BCUT2D eigenvalue weighted by Gasteiger charge is 2.12. The quantitative estimate of drug-likeness (QED) is 0.490. The fraction of sp³-hybridized carbons (Fsp3) is 0.190. The SMILES string of the molecule is COCCn1c(-c2ccc(F)cc2)cnc1NCc1ccccc1F.O=C(O)C(=O)O. The molecule has 8 nitrogen and oxygen atoms in total. The molecule has 31 heavy (non-hydrogen) atoms. The number of carboxylic acids is 2. The van der Waals surface area contributed by atoms with Crippen molar-refractivity contribution in [1.29, 1.82) is 0 Å². The van der Waals surface area contributed by atoms with E-state index in [0.29, 0.717) is 31.2 Å². The van der Waals surface area contributed by atoms with Crippen LogP contribution in [-0.2, 0) is 27.4 Å². The first-order valence-electron chi connectivity index (χ1n) is 9.07. The average Bonchev–Trinajstić information content (AvgIpc) is 3.15. The number of carbonyl (C=O) groups is 2. The van der Waals surface area contributed by atoms with Gasteiger partial charge >= 0.3 is 11.9 Å². The Labute approximate surface area is 176 Å². The highest BCUT2D eigenvalue weighted by atomic mass is 19.1. The van der Waals surface area contributed by atoms with Gasteiger partial charge < -0.3 is 24.8 Å². The number of anilines is 1. The highest BCUT2D eigenvalue weighted by Crippen LogP contribution is 2.24. The molecule has 0 saturated carbocycles. The van der Waals surface area contributed by atoms with Crippen LogP contribution in [0.15, 0.2) is 54.7 Å². The number of rotatable bonds is 7. The van der Waals surface area contributed by atoms with Gasteiger partial charge in [0.2, 0.25) is 5.95 Å². The first kappa shape index (κ1) is 23.5. The van der Waals surface area contributed by atoms with E-state index in [4.69, 9.17) is 24.5 Å². The molecule has 1 aromatic heterocycles. The fourth-order valence-corrected chi connectivity index (χ4v) is 2.59. The van der Waals surface area contributed by atoms with Gasteiger partial charge in [0, 0.05) is 31.3 Å². The zero-order chi connectivity index (χ0) is 22.8. The molecule has 0 amide bonds. The number of benzene rings is 2. The topological polar surface area (TPSA) is 114 Å². The smallest absolute Gasteiger partial charge is 0.414 e. The van der Waals surface area contributed by atoms with Crippen molar-refractivity contribution in [2.24, 2.45) is 0 Å². The Bertz CT molecular complexity index is 1010. The van der Waals surface area contributed by atoms with E-state index >= 15 is 0 Å². The minimum atomic E-state index is -1.82. The molecule has 3 N–H and O–H groups in total. The van der Waals surface area contributed by atoms with E-state index in [9.17, 15) is 8.78 Å². The number of carboxylic acid groups (broad SMARTS) is 2. The van der Waals surface area contributed by atoms with Gasteiger partial charge in [0.25, 0.3) is 0 Å². The van der Waals surface area contributed by atoms with Crippen molar-refractivity contribution < 1.29 is 33.3 Å². The fourth-order valence-electron chi connectivity index (χ4n) is 2.59. The van der Waals surface area contributed by atoms with Crippen LogP contribution in [0, 0.1) is 11.6 Å². The van der Waals surface area contributed by atoms with Crippen molar-refractivity contribution in [3.05, 3.63) is 71.9 Å². The summed E-state index contributed by atoms with van der Waals surface area (Å²) in [6.45, 7) is 1.39. The zero-order valence-electron chi connectivity index (χ0n) is 16.6. The third-order valence-electron chi connectivity index (χ3n) is 4.09. The van der Waals surface area contributed by atoms with Gasteiger partial charge in [-0.1, -0.05) is 18.2 Å². The summed E-state index contributed by atoms with van der Waals surface area (Å²) >= 11 is 0. The molecule has 164 valence electrons. The van der Waals surface area contributed by atoms with E-state index in [1.165, 1.54) is 18.2 Å². The number of methoxy groups -OCH3 is 1. The molecule has 0 bridgehead atoms. The monoisotopic (exact) mass is 433 g/mol. The van der Waals surface area contributed by atoms with Crippen molar-refractivity contribution in [1.82, 2.24) is 9.55 Å². The van der Waals surface area contributed by atoms with Crippen LogP contribution >= 0.6 is 0 Å². The molecule has 0 fully saturated rings. The van der Waals surface area contributed by atoms with Crippen molar-refractivity contribution >= 4 is 17.9 Å². The van der Waals surface area contributed by atoms with Gasteiger partial charge in [-0.15, -0.1) is 0 Å². The number of hydrogen-bond donors (Lipinski definition) is 3. The second kappa shape index (κ2) is 11.4. The summed E-state index contributed by atoms with van der Waals surface area (Å²) in [6.07, 6.45) is 1.71. The highest BCUT2D eigenvalue weighted by molar-refractivity contribution is 6.27. The molecule has 0 aliphatic heterocycles. The molecule has 0 unspecified atom stereocenters. The van der Waals surface area contributed by atoms with Crippen LogP contribution in [0.5, 0.6) is 0 Å². The average molecular weight is 433 g/mol. The lowest BCUT2D eigenvalue weighted by molar-refractivity contribution is -0.159. The summed E-state index contributed by atoms with van der Waals surface area (Å²) < 4.78 is 34.1. The van der Waals surface area contributed by atoms with Crippen LogP contribution in [0.25, 0.3) is 11.3 Å². The Hall–Kier alpha value is -3.79. The number of nitrogens with zero attached hydrogens (tertiary/aromatic N) is 2. The molecule has 2 aromatic carbocycles. The molecule has 0 saturated heterocycles. The van der Waals surface area contributed by atoms with E-state index in [1.807, 2.05) is 4.57 Å².